The molecule has 23 heavy (non-hydrogen) atoms. The molecule has 128 valence electrons. The molecule has 6 rings (SSSR count). The van der Waals surface area contributed by atoms with Crippen LogP contribution in [0.2, 0.25) is 0 Å². The molecular weight excluding hydrogens is 336 g/mol. The highest BCUT2D eigenvalue weighted by molar-refractivity contribution is 8.00. The maximum Gasteiger partial charge on any atom is 0.0112 e. The van der Waals surface area contributed by atoms with Crippen LogP contribution in [0.3, 0.4) is 0 Å². The predicted molar refractivity (Wildman–Crippen MR) is 106 cm³/mol. The lowest BCUT2D eigenvalue weighted by Gasteiger charge is -2.39. The zero-order valence-corrected chi connectivity index (χ0v) is 16.5. The summed E-state index contributed by atoms with van der Waals surface area (Å²) in [5, 5.41) is 3.46. The van der Waals surface area contributed by atoms with Crippen LogP contribution in [0.5, 0.6) is 0 Å². The highest BCUT2D eigenvalue weighted by Crippen LogP contribution is 2.71. The molecular formula is C20H30S3. The molecule has 3 heteroatoms. The summed E-state index contributed by atoms with van der Waals surface area (Å²) in [6, 6.07) is 0. The topological polar surface area (TPSA) is 0 Å². The van der Waals surface area contributed by atoms with E-state index in [-0.39, 0.29) is 0 Å². The summed E-state index contributed by atoms with van der Waals surface area (Å²) >= 11 is 12.2. The third kappa shape index (κ3) is 1.97. The van der Waals surface area contributed by atoms with E-state index in [9.17, 15) is 0 Å². The van der Waals surface area contributed by atoms with Gasteiger partial charge in [-0.1, -0.05) is 0 Å². The van der Waals surface area contributed by atoms with Crippen molar-refractivity contribution in [1.82, 2.24) is 0 Å². The van der Waals surface area contributed by atoms with E-state index in [0.717, 1.165) is 61.9 Å². The molecule has 0 aromatic carbocycles. The Morgan fingerprint density at radius 1 is 0.783 bits per heavy atom. The van der Waals surface area contributed by atoms with Gasteiger partial charge in [-0.15, -0.1) is 0 Å². The molecule has 6 saturated carbocycles. The minimum Gasteiger partial charge on any atom is -0.176 e. The summed E-state index contributed by atoms with van der Waals surface area (Å²) in [5.41, 5.74) is 0.727. The summed E-state index contributed by atoms with van der Waals surface area (Å²) in [5.74, 6) is 6.40. The Bertz CT molecular complexity index is 521. The second-order valence-corrected chi connectivity index (χ2v) is 12.9. The SMILES string of the molecule is SC1CC2C3CC(S[C@@H]4CC5CCC46CC(S)CC56)C(C3)C2C1. The van der Waals surface area contributed by atoms with E-state index in [4.69, 9.17) is 25.3 Å². The van der Waals surface area contributed by atoms with Crippen molar-refractivity contribution in [2.75, 3.05) is 0 Å². The Morgan fingerprint density at radius 3 is 2.57 bits per heavy atom. The van der Waals surface area contributed by atoms with E-state index in [1.54, 1.807) is 32.1 Å². The van der Waals surface area contributed by atoms with Gasteiger partial charge in [0.25, 0.3) is 0 Å². The Labute approximate surface area is 156 Å². The summed E-state index contributed by atoms with van der Waals surface area (Å²) in [6.45, 7) is 0. The Kier molecular flexibility index (Phi) is 3.33. The standard InChI is InChI=1S/C20H30S3/c21-12-6-14-11-3-16(15(14)7-12)18(4-11)23-19-5-10-1-2-20(19)9-13(22)8-17(10)20/h10-19,21-22H,1-9H2/t10?,11?,12?,13?,14?,15?,16?,17?,18?,19-,20?/m1/s1. The first-order chi connectivity index (χ1) is 11.1. The molecule has 6 fully saturated rings. The van der Waals surface area contributed by atoms with Gasteiger partial charge in [-0.2, -0.15) is 37.0 Å². The molecule has 4 bridgehead atoms. The first kappa shape index (κ1) is 15.1. The second-order valence-electron chi connectivity index (χ2n) is 9.98. The molecule has 6 aliphatic carbocycles. The summed E-state index contributed by atoms with van der Waals surface area (Å²) < 4.78 is 0. The highest BCUT2D eigenvalue weighted by Gasteiger charge is 2.64. The largest absolute Gasteiger partial charge is 0.176 e. The van der Waals surface area contributed by atoms with Gasteiger partial charge < -0.3 is 0 Å². The fourth-order valence-electron chi connectivity index (χ4n) is 8.67. The van der Waals surface area contributed by atoms with Crippen LogP contribution in [0, 0.1) is 40.9 Å². The lowest BCUT2D eigenvalue weighted by atomic mass is 9.80. The van der Waals surface area contributed by atoms with E-state index in [1.807, 2.05) is 0 Å². The first-order valence-corrected chi connectivity index (χ1v) is 12.1. The van der Waals surface area contributed by atoms with Crippen molar-refractivity contribution in [3.8, 4) is 0 Å². The van der Waals surface area contributed by atoms with Gasteiger partial charge in [0.2, 0.25) is 0 Å². The first-order valence-electron chi connectivity index (χ1n) is 10.2. The average molecular weight is 367 g/mol. The van der Waals surface area contributed by atoms with Gasteiger partial charge in [0.05, 0.1) is 0 Å². The molecule has 0 amide bonds. The Morgan fingerprint density at radius 2 is 1.65 bits per heavy atom. The van der Waals surface area contributed by atoms with Crippen molar-refractivity contribution in [3.05, 3.63) is 0 Å². The molecule has 0 aliphatic heterocycles. The lowest BCUT2D eigenvalue weighted by molar-refractivity contribution is 0.256. The van der Waals surface area contributed by atoms with Gasteiger partial charge in [-0.3, -0.25) is 0 Å². The Balaban J connectivity index is 1.21. The molecule has 0 spiro atoms. The van der Waals surface area contributed by atoms with Crippen LogP contribution >= 0.6 is 37.0 Å². The van der Waals surface area contributed by atoms with Crippen LogP contribution in [0.25, 0.3) is 0 Å². The van der Waals surface area contributed by atoms with Gasteiger partial charge in [-0.25, -0.2) is 0 Å². The number of hydrogen-bond donors (Lipinski definition) is 2. The Hall–Kier alpha value is 1.05. The number of fused-ring (bicyclic) bond motifs is 5. The van der Waals surface area contributed by atoms with Crippen LogP contribution in [0.1, 0.15) is 57.8 Å². The van der Waals surface area contributed by atoms with Crippen LogP contribution in [-0.2, 0) is 0 Å². The summed E-state index contributed by atoms with van der Waals surface area (Å²) in [4.78, 5) is 0. The molecule has 0 radical (unpaired) electrons. The van der Waals surface area contributed by atoms with Gasteiger partial charge in [0, 0.05) is 21.0 Å². The minimum atomic E-state index is 0.718. The third-order valence-corrected chi connectivity index (χ3v) is 12.0. The number of hydrogen-bond acceptors (Lipinski definition) is 3. The fraction of sp³-hybridized carbons (Fsp3) is 1.00. The molecule has 0 aromatic rings. The maximum atomic E-state index is 4.90. The van der Waals surface area contributed by atoms with Crippen LogP contribution < -0.4 is 0 Å². The monoisotopic (exact) mass is 366 g/mol. The predicted octanol–water partition coefficient (Wildman–Crippen LogP) is 5.33. The van der Waals surface area contributed by atoms with Crippen molar-refractivity contribution in [2.24, 2.45) is 40.9 Å². The number of thioether (sulfide) groups is 1. The second kappa shape index (κ2) is 5.06. The van der Waals surface area contributed by atoms with E-state index >= 15 is 0 Å². The highest BCUT2D eigenvalue weighted by atomic mass is 32.2. The van der Waals surface area contributed by atoms with Crippen LogP contribution in [0.4, 0.5) is 0 Å². The van der Waals surface area contributed by atoms with Crippen LogP contribution in [-0.4, -0.2) is 21.0 Å². The molecule has 0 aromatic heterocycles. The van der Waals surface area contributed by atoms with Crippen molar-refractivity contribution in [2.45, 2.75) is 78.8 Å². The fourth-order valence-corrected chi connectivity index (χ4v) is 12.0. The number of rotatable bonds is 2. The number of thiol groups is 2. The van der Waals surface area contributed by atoms with Gasteiger partial charge in [0.15, 0.2) is 0 Å². The minimum absolute atomic E-state index is 0.718. The molecule has 6 aliphatic rings. The third-order valence-electron chi connectivity index (χ3n) is 9.31. The molecule has 10 unspecified atom stereocenters. The molecule has 0 heterocycles. The molecule has 0 N–H and O–H groups in total. The quantitative estimate of drug-likeness (QED) is 0.623. The van der Waals surface area contributed by atoms with Crippen molar-refractivity contribution < 1.29 is 0 Å². The van der Waals surface area contributed by atoms with E-state index in [0.29, 0.717) is 0 Å². The van der Waals surface area contributed by atoms with Gasteiger partial charge >= 0.3 is 0 Å². The zero-order chi connectivity index (χ0) is 15.3. The normalized spacial score (nSPS) is 65.5. The maximum absolute atomic E-state index is 4.90. The molecule has 11 atom stereocenters. The van der Waals surface area contributed by atoms with Gasteiger partial charge in [0.1, 0.15) is 0 Å². The van der Waals surface area contributed by atoms with E-state index < -0.39 is 0 Å². The average Bonchev–Trinajstić information content (AvgIpc) is 3.26. The van der Waals surface area contributed by atoms with Crippen molar-refractivity contribution in [3.63, 3.8) is 0 Å². The van der Waals surface area contributed by atoms with Gasteiger partial charge in [-0.05, 0) is 98.7 Å². The van der Waals surface area contributed by atoms with Crippen LogP contribution in [0.15, 0.2) is 0 Å². The van der Waals surface area contributed by atoms with E-state index in [1.165, 1.54) is 25.7 Å². The van der Waals surface area contributed by atoms with Crippen molar-refractivity contribution >= 4 is 37.0 Å². The summed E-state index contributed by atoms with van der Waals surface area (Å²) in [7, 11) is 0. The molecule has 0 saturated heterocycles. The van der Waals surface area contributed by atoms with E-state index in [2.05, 4.69) is 11.8 Å². The summed E-state index contributed by atoms with van der Waals surface area (Å²) in [6.07, 6.45) is 13.5. The molecule has 0 nitrogen and oxygen atoms in total. The van der Waals surface area contributed by atoms with Crippen molar-refractivity contribution in [1.29, 1.82) is 0 Å². The zero-order valence-electron chi connectivity index (χ0n) is 13.9. The smallest absolute Gasteiger partial charge is 0.0112 e. The lowest BCUT2D eigenvalue weighted by Crippen LogP contribution is -2.34.